The Bertz CT molecular complexity index is 490. The number of hydrogen-bond donors (Lipinski definition) is 1. The second-order valence-electron chi connectivity index (χ2n) is 3.91. The lowest BCUT2D eigenvalue weighted by Gasteiger charge is -2.15. The zero-order chi connectivity index (χ0) is 10.4. The van der Waals surface area contributed by atoms with Crippen LogP contribution in [0.25, 0.3) is 5.57 Å². The fourth-order valence-electron chi connectivity index (χ4n) is 2.40. The van der Waals surface area contributed by atoms with Gasteiger partial charge in [0.15, 0.2) is 0 Å². The molecule has 1 aliphatic carbocycles. The van der Waals surface area contributed by atoms with Gasteiger partial charge in [0.05, 0.1) is 0 Å². The molecule has 1 N–H and O–H groups in total. The molecule has 15 heavy (non-hydrogen) atoms. The minimum absolute atomic E-state index is 0.111. The van der Waals surface area contributed by atoms with Gasteiger partial charge in [0.1, 0.15) is 0 Å². The molecule has 1 heterocycles. The summed E-state index contributed by atoms with van der Waals surface area (Å²) in [6, 6.07) is 6.17. The normalized spacial score (nSPS) is 18.6. The summed E-state index contributed by atoms with van der Waals surface area (Å²) in [5.41, 5.74) is 4.72. The lowest BCUT2D eigenvalue weighted by atomic mass is 10.00. The van der Waals surface area contributed by atoms with Gasteiger partial charge in [-0.25, -0.2) is 0 Å². The van der Waals surface area contributed by atoms with Crippen molar-refractivity contribution in [1.29, 1.82) is 0 Å². The number of halogens is 1. The third kappa shape index (κ3) is 1.26. The van der Waals surface area contributed by atoms with Gasteiger partial charge in [-0.3, -0.25) is 4.79 Å². The molecule has 3 rings (SSSR count). The van der Waals surface area contributed by atoms with Crippen LogP contribution in [-0.2, 0) is 11.2 Å². The fourth-order valence-corrected chi connectivity index (χ4v) is 3.05. The number of hydrogen-bond acceptors (Lipinski definition) is 1. The highest BCUT2D eigenvalue weighted by atomic mass is 79.9. The first kappa shape index (κ1) is 9.16. The molecule has 3 heteroatoms. The summed E-state index contributed by atoms with van der Waals surface area (Å²) in [6.45, 7) is 0.762. The van der Waals surface area contributed by atoms with Crippen LogP contribution in [0, 0.1) is 0 Å². The number of amides is 1. The van der Waals surface area contributed by atoms with E-state index < -0.39 is 0 Å². The monoisotopic (exact) mass is 263 g/mol. The van der Waals surface area contributed by atoms with Gasteiger partial charge in [-0.1, -0.05) is 28.1 Å². The second-order valence-corrected chi connectivity index (χ2v) is 4.77. The van der Waals surface area contributed by atoms with Crippen molar-refractivity contribution < 1.29 is 4.79 Å². The van der Waals surface area contributed by atoms with Crippen LogP contribution in [0.2, 0.25) is 0 Å². The summed E-state index contributed by atoms with van der Waals surface area (Å²) in [4.78, 5) is 11.7. The van der Waals surface area contributed by atoms with Gasteiger partial charge in [-0.15, -0.1) is 0 Å². The second kappa shape index (κ2) is 3.20. The summed E-state index contributed by atoms with van der Waals surface area (Å²) in [5, 5.41) is 2.90. The van der Waals surface area contributed by atoms with Crippen molar-refractivity contribution >= 4 is 27.4 Å². The predicted molar refractivity (Wildman–Crippen MR) is 62.4 cm³/mol. The summed E-state index contributed by atoms with van der Waals surface area (Å²) >= 11 is 3.56. The van der Waals surface area contributed by atoms with Crippen LogP contribution >= 0.6 is 15.9 Å². The molecule has 0 aromatic heterocycles. The maximum absolute atomic E-state index is 11.7. The van der Waals surface area contributed by atoms with E-state index in [2.05, 4.69) is 27.3 Å². The zero-order valence-electron chi connectivity index (χ0n) is 8.14. The van der Waals surface area contributed by atoms with E-state index in [1.54, 1.807) is 0 Å². The molecule has 0 saturated heterocycles. The molecular formula is C12H10BrNO. The number of fused-ring (bicyclic) bond motifs is 2. The number of carbonyl (C=O) groups excluding carboxylic acids is 1. The van der Waals surface area contributed by atoms with Crippen molar-refractivity contribution in [2.75, 3.05) is 6.54 Å². The highest BCUT2D eigenvalue weighted by Gasteiger charge is 2.29. The van der Waals surface area contributed by atoms with Gasteiger partial charge in [-0.2, -0.15) is 0 Å². The molecule has 0 bridgehead atoms. The number of benzene rings is 1. The SMILES string of the molecule is O=C1NCCC2=C1Cc1cccc(Br)c12. The predicted octanol–water partition coefficient (Wildman–Crippen LogP) is 2.28. The van der Waals surface area contributed by atoms with E-state index >= 15 is 0 Å². The zero-order valence-corrected chi connectivity index (χ0v) is 9.73. The number of nitrogens with one attached hydrogen (secondary N) is 1. The average molecular weight is 264 g/mol. The molecule has 0 spiro atoms. The quantitative estimate of drug-likeness (QED) is 0.765. The summed E-state index contributed by atoms with van der Waals surface area (Å²) in [7, 11) is 0. The maximum Gasteiger partial charge on any atom is 0.247 e. The van der Waals surface area contributed by atoms with E-state index in [-0.39, 0.29) is 5.91 Å². The Hall–Kier alpha value is -1.09. The van der Waals surface area contributed by atoms with Crippen LogP contribution in [0.1, 0.15) is 17.5 Å². The molecule has 1 aromatic carbocycles. The average Bonchev–Trinajstić information content (AvgIpc) is 2.59. The number of carbonyl (C=O) groups is 1. The maximum atomic E-state index is 11.7. The Labute approximate surface area is 96.5 Å². The summed E-state index contributed by atoms with van der Waals surface area (Å²) in [5.74, 6) is 0.111. The smallest absolute Gasteiger partial charge is 0.247 e. The van der Waals surface area contributed by atoms with Gasteiger partial charge in [0, 0.05) is 23.0 Å². The lowest BCUT2D eigenvalue weighted by Crippen LogP contribution is -2.30. The van der Waals surface area contributed by atoms with E-state index in [1.165, 1.54) is 16.7 Å². The highest BCUT2D eigenvalue weighted by molar-refractivity contribution is 9.10. The third-order valence-electron chi connectivity index (χ3n) is 3.07. The van der Waals surface area contributed by atoms with Crippen LogP contribution < -0.4 is 5.32 Å². The molecule has 0 radical (unpaired) electrons. The lowest BCUT2D eigenvalue weighted by molar-refractivity contribution is -0.117. The topological polar surface area (TPSA) is 29.1 Å². The van der Waals surface area contributed by atoms with Crippen molar-refractivity contribution in [3.63, 3.8) is 0 Å². The molecule has 2 aliphatic rings. The standard InChI is InChI=1S/C12H10BrNO/c13-10-3-1-2-7-6-9-8(11(7)10)4-5-14-12(9)15/h1-3H,4-6H2,(H,14,15). The Morgan fingerprint density at radius 2 is 2.13 bits per heavy atom. The Balaban J connectivity index is 2.21. The molecule has 0 fully saturated rings. The third-order valence-corrected chi connectivity index (χ3v) is 3.73. The highest BCUT2D eigenvalue weighted by Crippen LogP contribution is 2.40. The molecule has 0 saturated carbocycles. The van der Waals surface area contributed by atoms with Gasteiger partial charge >= 0.3 is 0 Å². The molecule has 76 valence electrons. The molecule has 2 nitrogen and oxygen atoms in total. The fraction of sp³-hybridized carbons (Fsp3) is 0.250. The molecule has 1 aliphatic heterocycles. The van der Waals surface area contributed by atoms with Crippen molar-refractivity contribution in [2.45, 2.75) is 12.8 Å². The van der Waals surface area contributed by atoms with Gasteiger partial charge in [0.25, 0.3) is 0 Å². The first-order valence-electron chi connectivity index (χ1n) is 5.05. The molecular weight excluding hydrogens is 254 g/mol. The van der Waals surface area contributed by atoms with Crippen molar-refractivity contribution in [1.82, 2.24) is 5.32 Å². The molecule has 0 atom stereocenters. The van der Waals surface area contributed by atoms with Crippen LogP contribution in [0.3, 0.4) is 0 Å². The Kier molecular flexibility index (Phi) is 1.96. The molecule has 1 aromatic rings. The van der Waals surface area contributed by atoms with Crippen molar-refractivity contribution in [3.8, 4) is 0 Å². The van der Waals surface area contributed by atoms with E-state index in [4.69, 9.17) is 0 Å². The van der Waals surface area contributed by atoms with Crippen LogP contribution in [0.5, 0.6) is 0 Å². The van der Waals surface area contributed by atoms with Crippen molar-refractivity contribution in [3.05, 3.63) is 39.4 Å². The van der Waals surface area contributed by atoms with E-state index in [1.807, 2.05) is 12.1 Å². The number of rotatable bonds is 0. The van der Waals surface area contributed by atoms with Gasteiger partial charge in [0.2, 0.25) is 5.91 Å². The Morgan fingerprint density at radius 1 is 1.27 bits per heavy atom. The van der Waals surface area contributed by atoms with E-state index in [0.717, 1.165) is 29.4 Å². The van der Waals surface area contributed by atoms with E-state index in [0.29, 0.717) is 0 Å². The van der Waals surface area contributed by atoms with Crippen molar-refractivity contribution in [2.24, 2.45) is 0 Å². The molecule has 1 amide bonds. The van der Waals surface area contributed by atoms with E-state index in [9.17, 15) is 4.79 Å². The largest absolute Gasteiger partial charge is 0.352 e. The summed E-state index contributed by atoms with van der Waals surface area (Å²) < 4.78 is 1.11. The Morgan fingerprint density at radius 3 is 3.00 bits per heavy atom. The molecule has 0 unspecified atom stereocenters. The first-order chi connectivity index (χ1) is 7.27. The van der Waals surface area contributed by atoms with Gasteiger partial charge < -0.3 is 5.32 Å². The van der Waals surface area contributed by atoms with Crippen LogP contribution in [-0.4, -0.2) is 12.5 Å². The van der Waals surface area contributed by atoms with Crippen LogP contribution in [0.15, 0.2) is 28.2 Å². The summed E-state index contributed by atoms with van der Waals surface area (Å²) in [6.07, 6.45) is 1.74. The van der Waals surface area contributed by atoms with Gasteiger partial charge in [-0.05, 0) is 29.2 Å². The minimum atomic E-state index is 0.111. The minimum Gasteiger partial charge on any atom is -0.352 e. The van der Waals surface area contributed by atoms with Crippen LogP contribution in [0.4, 0.5) is 0 Å². The first-order valence-corrected chi connectivity index (χ1v) is 5.84.